The fourth-order valence-corrected chi connectivity index (χ4v) is 1.29. The van der Waals surface area contributed by atoms with E-state index in [0.29, 0.717) is 6.61 Å². The van der Waals surface area contributed by atoms with Crippen LogP contribution in [-0.4, -0.2) is 29.3 Å². The first-order chi connectivity index (χ1) is 7.69. The van der Waals surface area contributed by atoms with E-state index < -0.39 is 0 Å². The summed E-state index contributed by atoms with van der Waals surface area (Å²) >= 11 is 0. The lowest BCUT2D eigenvalue weighted by Crippen LogP contribution is -2.26. The smallest absolute Gasteiger partial charge is 0.168 e. The quantitative estimate of drug-likeness (QED) is 0.775. The maximum Gasteiger partial charge on any atom is 0.168 e. The van der Waals surface area contributed by atoms with Gasteiger partial charge in [-0.15, -0.1) is 0 Å². The van der Waals surface area contributed by atoms with E-state index in [4.69, 9.17) is 9.84 Å². The topological polar surface area (TPSA) is 54.4 Å². The predicted octanol–water partition coefficient (Wildman–Crippen LogP) is 1.91. The van der Waals surface area contributed by atoms with Gasteiger partial charge < -0.3 is 15.2 Å². The van der Waals surface area contributed by atoms with E-state index >= 15 is 0 Å². The molecule has 4 heteroatoms. The molecular weight excluding hydrogens is 204 g/mol. The molecule has 2 unspecified atom stereocenters. The van der Waals surface area contributed by atoms with Gasteiger partial charge in [-0.3, -0.25) is 0 Å². The van der Waals surface area contributed by atoms with Gasteiger partial charge >= 0.3 is 0 Å². The summed E-state index contributed by atoms with van der Waals surface area (Å²) in [5.41, 5.74) is 0. The van der Waals surface area contributed by atoms with Crippen molar-refractivity contribution in [2.75, 3.05) is 18.5 Å². The minimum atomic E-state index is 0.152. The van der Waals surface area contributed by atoms with Crippen molar-refractivity contribution in [1.29, 1.82) is 0 Å². The van der Waals surface area contributed by atoms with Gasteiger partial charge in [-0.05, 0) is 31.9 Å². The molecule has 0 aliphatic heterocycles. The van der Waals surface area contributed by atoms with E-state index in [2.05, 4.69) is 10.3 Å². The van der Waals surface area contributed by atoms with Gasteiger partial charge in [0.25, 0.3) is 0 Å². The van der Waals surface area contributed by atoms with Gasteiger partial charge in [-0.1, -0.05) is 6.92 Å². The Bertz CT molecular complexity index is 318. The SMILES string of the molecule is CCOc1cccnc1NC(C)C(C)CO. The van der Waals surface area contributed by atoms with Crippen LogP contribution < -0.4 is 10.1 Å². The fourth-order valence-electron chi connectivity index (χ4n) is 1.29. The predicted molar refractivity (Wildman–Crippen MR) is 64.7 cm³/mol. The summed E-state index contributed by atoms with van der Waals surface area (Å²) in [5.74, 6) is 1.66. The highest BCUT2D eigenvalue weighted by Gasteiger charge is 2.13. The summed E-state index contributed by atoms with van der Waals surface area (Å²) < 4.78 is 5.46. The van der Waals surface area contributed by atoms with E-state index in [1.54, 1.807) is 6.20 Å². The van der Waals surface area contributed by atoms with Gasteiger partial charge in [0, 0.05) is 18.8 Å². The third kappa shape index (κ3) is 3.38. The van der Waals surface area contributed by atoms with Crippen molar-refractivity contribution in [3.8, 4) is 5.75 Å². The molecule has 0 aliphatic carbocycles. The molecule has 90 valence electrons. The highest BCUT2D eigenvalue weighted by Crippen LogP contribution is 2.22. The third-order valence-corrected chi connectivity index (χ3v) is 2.58. The van der Waals surface area contributed by atoms with E-state index in [1.807, 2.05) is 32.9 Å². The minimum Gasteiger partial charge on any atom is -0.490 e. The number of nitrogens with one attached hydrogen (secondary N) is 1. The fraction of sp³-hybridized carbons (Fsp3) is 0.583. The lowest BCUT2D eigenvalue weighted by atomic mass is 10.1. The molecule has 1 rings (SSSR count). The van der Waals surface area contributed by atoms with Crippen LogP contribution in [0, 0.1) is 5.92 Å². The van der Waals surface area contributed by atoms with Gasteiger partial charge in [-0.2, -0.15) is 0 Å². The number of aliphatic hydroxyl groups excluding tert-OH is 1. The van der Waals surface area contributed by atoms with Crippen LogP contribution in [0.4, 0.5) is 5.82 Å². The molecule has 2 N–H and O–H groups in total. The maximum atomic E-state index is 9.06. The van der Waals surface area contributed by atoms with Gasteiger partial charge in [0.15, 0.2) is 11.6 Å². The van der Waals surface area contributed by atoms with Crippen molar-refractivity contribution in [2.45, 2.75) is 26.8 Å². The highest BCUT2D eigenvalue weighted by atomic mass is 16.5. The van der Waals surface area contributed by atoms with Crippen LogP contribution in [0.2, 0.25) is 0 Å². The Morgan fingerprint density at radius 3 is 2.88 bits per heavy atom. The number of hydrogen-bond acceptors (Lipinski definition) is 4. The summed E-state index contributed by atoms with van der Waals surface area (Å²) in [4.78, 5) is 4.24. The van der Waals surface area contributed by atoms with Crippen LogP contribution in [0.3, 0.4) is 0 Å². The molecule has 0 bridgehead atoms. The van der Waals surface area contributed by atoms with Gasteiger partial charge in [-0.25, -0.2) is 4.98 Å². The minimum absolute atomic E-state index is 0.152. The second kappa shape index (κ2) is 6.33. The van der Waals surface area contributed by atoms with Gasteiger partial charge in [0.05, 0.1) is 6.61 Å². The zero-order valence-corrected chi connectivity index (χ0v) is 10.1. The van der Waals surface area contributed by atoms with Crippen molar-refractivity contribution in [3.63, 3.8) is 0 Å². The van der Waals surface area contributed by atoms with Crippen LogP contribution in [0.1, 0.15) is 20.8 Å². The van der Waals surface area contributed by atoms with Crippen molar-refractivity contribution >= 4 is 5.82 Å². The Labute approximate surface area is 96.7 Å². The second-order valence-corrected chi connectivity index (χ2v) is 3.88. The Balaban J connectivity index is 2.71. The Morgan fingerprint density at radius 1 is 1.50 bits per heavy atom. The molecule has 0 aromatic carbocycles. The van der Waals surface area contributed by atoms with Crippen molar-refractivity contribution in [2.24, 2.45) is 5.92 Å². The van der Waals surface area contributed by atoms with Crippen LogP contribution in [-0.2, 0) is 0 Å². The van der Waals surface area contributed by atoms with Crippen molar-refractivity contribution in [1.82, 2.24) is 4.98 Å². The summed E-state index contributed by atoms with van der Waals surface area (Å²) in [5, 5.41) is 12.3. The van der Waals surface area contributed by atoms with Crippen LogP contribution in [0.5, 0.6) is 5.75 Å². The van der Waals surface area contributed by atoms with Gasteiger partial charge in [0.2, 0.25) is 0 Å². The number of ether oxygens (including phenoxy) is 1. The number of anilines is 1. The first-order valence-electron chi connectivity index (χ1n) is 5.64. The number of rotatable bonds is 6. The summed E-state index contributed by atoms with van der Waals surface area (Å²) in [6, 6.07) is 3.88. The second-order valence-electron chi connectivity index (χ2n) is 3.88. The monoisotopic (exact) mass is 224 g/mol. The van der Waals surface area contributed by atoms with E-state index in [0.717, 1.165) is 11.6 Å². The van der Waals surface area contributed by atoms with Crippen LogP contribution in [0.15, 0.2) is 18.3 Å². The number of aromatic nitrogens is 1. The van der Waals surface area contributed by atoms with E-state index in [1.165, 1.54) is 0 Å². The lowest BCUT2D eigenvalue weighted by molar-refractivity contribution is 0.226. The molecule has 0 amide bonds. The molecule has 1 aromatic heterocycles. The first-order valence-corrected chi connectivity index (χ1v) is 5.64. The zero-order chi connectivity index (χ0) is 12.0. The van der Waals surface area contributed by atoms with Crippen molar-refractivity contribution < 1.29 is 9.84 Å². The molecule has 2 atom stereocenters. The van der Waals surface area contributed by atoms with Crippen LogP contribution in [0.25, 0.3) is 0 Å². The molecule has 1 heterocycles. The zero-order valence-electron chi connectivity index (χ0n) is 10.1. The first kappa shape index (κ1) is 12.8. The summed E-state index contributed by atoms with van der Waals surface area (Å²) in [6.07, 6.45) is 1.72. The highest BCUT2D eigenvalue weighted by molar-refractivity contribution is 5.50. The molecule has 0 saturated carbocycles. The molecule has 0 radical (unpaired) electrons. The maximum absolute atomic E-state index is 9.06. The largest absolute Gasteiger partial charge is 0.490 e. The van der Waals surface area contributed by atoms with E-state index in [9.17, 15) is 0 Å². The average Bonchev–Trinajstić information content (AvgIpc) is 2.31. The molecule has 0 saturated heterocycles. The van der Waals surface area contributed by atoms with Crippen LogP contribution >= 0.6 is 0 Å². The molecule has 16 heavy (non-hydrogen) atoms. The molecular formula is C12H20N2O2. The number of aliphatic hydroxyl groups is 1. The average molecular weight is 224 g/mol. The Kier molecular flexibility index (Phi) is 5.05. The normalized spacial score (nSPS) is 14.2. The lowest BCUT2D eigenvalue weighted by Gasteiger charge is -2.21. The number of hydrogen-bond donors (Lipinski definition) is 2. The third-order valence-electron chi connectivity index (χ3n) is 2.58. The Hall–Kier alpha value is -1.29. The molecule has 4 nitrogen and oxygen atoms in total. The molecule has 0 aliphatic rings. The molecule has 0 spiro atoms. The Morgan fingerprint density at radius 2 is 2.25 bits per heavy atom. The summed E-state index contributed by atoms with van der Waals surface area (Å²) in [6.45, 7) is 6.72. The summed E-state index contributed by atoms with van der Waals surface area (Å²) in [7, 11) is 0. The van der Waals surface area contributed by atoms with Crippen molar-refractivity contribution in [3.05, 3.63) is 18.3 Å². The molecule has 1 aromatic rings. The number of pyridine rings is 1. The standard InChI is InChI=1S/C12H20N2O2/c1-4-16-11-6-5-7-13-12(11)14-10(3)9(2)8-15/h5-7,9-10,15H,4,8H2,1-3H3,(H,13,14). The molecule has 0 fully saturated rings. The number of nitrogens with zero attached hydrogens (tertiary/aromatic N) is 1. The van der Waals surface area contributed by atoms with E-state index in [-0.39, 0.29) is 18.6 Å². The van der Waals surface area contributed by atoms with Gasteiger partial charge in [0.1, 0.15) is 0 Å².